The summed E-state index contributed by atoms with van der Waals surface area (Å²) in [5.74, 6) is -0.741. The molecule has 0 fully saturated rings. The number of benzene rings is 2. The number of halogens is 2. The van der Waals surface area contributed by atoms with E-state index in [9.17, 15) is 8.78 Å². The van der Waals surface area contributed by atoms with Gasteiger partial charge in [0.05, 0.1) is 0 Å². The summed E-state index contributed by atoms with van der Waals surface area (Å²) in [7, 11) is 0. The van der Waals surface area contributed by atoms with Crippen LogP contribution in [-0.4, -0.2) is 19.5 Å². The molecule has 0 saturated heterocycles. The van der Waals surface area contributed by atoms with Gasteiger partial charge in [-0.2, -0.15) is 0 Å². The van der Waals surface area contributed by atoms with Crippen molar-refractivity contribution in [3.05, 3.63) is 47.5 Å². The zero-order chi connectivity index (χ0) is 13.6. The predicted molar refractivity (Wildman–Crippen MR) is 73.2 cm³/mol. The topological polar surface area (TPSA) is 38.9 Å². The molecule has 3 aromatic rings. The van der Waals surface area contributed by atoms with Gasteiger partial charge in [-0.1, -0.05) is 0 Å². The van der Waals surface area contributed by atoms with E-state index >= 15 is 0 Å². The molecule has 0 aliphatic heterocycles. The van der Waals surface area contributed by atoms with E-state index in [1.165, 1.54) is 18.2 Å². The molecule has 19 heavy (non-hydrogen) atoms. The Hall–Kier alpha value is -1.71. The maximum atomic E-state index is 13.7. The number of rotatable bonds is 1. The van der Waals surface area contributed by atoms with Gasteiger partial charge in [-0.3, -0.25) is 0 Å². The van der Waals surface area contributed by atoms with Gasteiger partial charge in [0.1, 0.15) is 0 Å². The van der Waals surface area contributed by atoms with Gasteiger partial charge < -0.3 is 0 Å². The Bertz CT molecular complexity index is 757. The second-order valence-electron chi connectivity index (χ2n) is 4.32. The van der Waals surface area contributed by atoms with E-state index in [1.54, 1.807) is 13.0 Å². The molecule has 5 heteroatoms. The molecule has 0 aliphatic rings. The molecule has 0 unspecified atom stereocenters. The van der Waals surface area contributed by atoms with Crippen LogP contribution in [0.2, 0.25) is 0 Å². The summed E-state index contributed by atoms with van der Waals surface area (Å²) in [5.41, 5.74) is 7.82. The van der Waals surface area contributed by atoms with Crippen LogP contribution in [0, 0.1) is 18.6 Å². The first kappa shape index (κ1) is 12.3. The van der Waals surface area contributed by atoms with Crippen molar-refractivity contribution in [2.45, 2.75) is 6.92 Å². The van der Waals surface area contributed by atoms with Crippen LogP contribution in [0.25, 0.3) is 19.9 Å². The molecular formula is C14H10F2N2Se. The van der Waals surface area contributed by atoms with E-state index in [-0.39, 0.29) is 26.0 Å². The molecule has 0 amide bonds. The van der Waals surface area contributed by atoms with Crippen molar-refractivity contribution in [2.24, 2.45) is 0 Å². The number of aryl methyl sites for hydroxylation is 1. The molecular weight excluding hydrogens is 313 g/mol. The van der Waals surface area contributed by atoms with Crippen molar-refractivity contribution in [2.75, 3.05) is 5.73 Å². The standard InChI is InChI=1S/C14H10F2N2Se/c1-7-4-8(5-10(16)13(7)17)14-18-11-6-9(15)2-3-12(11)19-14/h2-6H,17H2,1H3. The summed E-state index contributed by atoms with van der Waals surface area (Å²) >= 11 is -0.0297. The Morgan fingerprint density at radius 1 is 1.16 bits per heavy atom. The van der Waals surface area contributed by atoms with Crippen molar-refractivity contribution in [1.82, 2.24) is 4.98 Å². The fraction of sp³-hybridized carbons (Fsp3) is 0.0714. The summed E-state index contributed by atoms with van der Waals surface area (Å²) in [6.45, 7) is 1.76. The Balaban J connectivity index is 2.19. The van der Waals surface area contributed by atoms with Gasteiger partial charge in [-0.25, -0.2) is 0 Å². The second kappa shape index (κ2) is 4.44. The van der Waals surface area contributed by atoms with Gasteiger partial charge in [0.25, 0.3) is 0 Å². The molecule has 2 N–H and O–H groups in total. The third-order valence-electron chi connectivity index (χ3n) is 2.93. The van der Waals surface area contributed by atoms with Crippen molar-refractivity contribution < 1.29 is 8.78 Å². The summed E-state index contributed by atoms with van der Waals surface area (Å²) in [6.07, 6.45) is 0. The van der Waals surface area contributed by atoms with Crippen LogP contribution >= 0.6 is 0 Å². The molecule has 96 valence electrons. The third kappa shape index (κ3) is 2.15. The number of hydrogen-bond donors (Lipinski definition) is 1. The Morgan fingerprint density at radius 2 is 1.95 bits per heavy atom. The molecule has 0 saturated carbocycles. The van der Waals surface area contributed by atoms with E-state index in [4.69, 9.17) is 5.73 Å². The van der Waals surface area contributed by atoms with E-state index < -0.39 is 5.82 Å². The number of nitrogens with zero attached hydrogens (tertiary/aromatic N) is 1. The van der Waals surface area contributed by atoms with E-state index in [0.29, 0.717) is 11.1 Å². The monoisotopic (exact) mass is 324 g/mol. The van der Waals surface area contributed by atoms with Gasteiger partial charge in [0.2, 0.25) is 0 Å². The molecule has 0 aliphatic carbocycles. The molecule has 2 aromatic carbocycles. The molecule has 1 aromatic heterocycles. The Labute approximate surface area is 114 Å². The van der Waals surface area contributed by atoms with E-state index in [1.807, 2.05) is 6.07 Å². The van der Waals surface area contributed by atoms with Crippen LogP contribution in [0.15, 0.2) is 30.3 Å². The van der Waals surface area contributed by atoms with Crippen LogP contribution in [0.4, 0.5) is 14.5 Å². The summed E-state index contributed by atoms with van der Waals surface area (Å²) in [6, 6.07) is 7.78. The maximum absolute atomic E-state index is 13.7. The fourth-order valence-corrected chi connectivity index (χ4v) is 3.86. The average Bonchev–Trinajstić information content (AvgIpc) is 2.78. The quantitative estimate of drug-likeness (QED) is 0.552. The predicted octanol–water partition coefficient (Wildman–Crippen LogP) is 3.13. The number of nitrogens with two attached hydrogens (primary N) is 1. The summed E-state index contributed by atoms with van der Waals surface area (Å²) in [5, 5.41) is 0. The Morgan fingerprint density at radius 3 is 2.68 bits per heavy atom. The van der Waals surface area contributed by atoms with Crippen LogP contribution < -0.4 is 5.73 Å². The van der Waals surface area contributed by atoms with Crippen LogP contribution in [0.1, 0.15) is 5.56 Å². The van der Waals surface area contributed by atoms with Crippen molar-refractivity contribution in [3.63, 3.8) is 0 Å². The third-order valence-corrected chi connectivity index (χ3v) is 5.21. The number of fused-ring (bicyclic) bond motifs is 1. The van der Waals surface area contributed by atoms with Crippen molar-refractivity contribution >= 4 is 30.0 Å². The first-order valence-electron chi connectivity index (χ1n) is 5.66. The SMILES string of the molecule is Cc1cc(-c2nc3cc(F)ccc3[se]2)cc(F)c1N. The normalized spacial score (nSPS) is 11.1. The first-order valence-corrected chi connectivity index (χ1v) is 7.38. The molecule has 0 atom stereocenters. The molecule has 0 radical (unpaired) electrons. The number of aromatic nitrogens is 1. The van der Waals surface area contributed by atoms with Gasteiger partial charge in [-0.15, -0.1) is 0 Å². The van der Waals surface area contributed by atoms with Crippen LogP contribution in [0.5, 0.6) is 0 Å². The van der Waals surface area contributed by atoms with Crippen LogP contribution in [-0.2, 0) is 0 Å². The van der Waals surface area contributed by atoms with Gasteiger partial charge in [0, 0.05) is 0 Å². The zero-order valence-electron chi connectivity index (χ0n) is 10.1. The van der Waals surface area contributed by atoms with E-state index in [0.717, 1.165) is 14.4 Å². The van der Waals surface area contributed by atoms with Gasteiger partial charge in [-0.05, 0) is 0 Å². The first-order chi connectivity index (χ1) is 9.04. The minimum absolute atomic E-state index is 0.0297. The number of anilines is 1. The second-order valence-corrected chi connectivity index (χ2v) is 6.48. The number of nitrogen functional groups attached to an aromatic ring is 1. The van der Waals surface area contributed by atoms with Crippen molar-refractivity contribution in [1.29, 1.82) is 0 Å². The molecule has 0 bridgehead atoms. The average molecular weight is 323 g/mol. The summed E-state index contributed by atoms with van der Waals surface area (Å²) < 4.78 is 28.6. The molecule has 3 rings (SSSR count). The number of hydrogen-bond acceptors (Lipinski definition) is 2. The Kier molecular flexibility index (Phi) is 2.88. The summed E-state index contributed by atoms with van der Waals surface area (Å²) in [4.78, 5) is 4.39. The van der Waals surface area contributed by atoms with Gasteiger partial charge >= 0.3 is 114 Å². The molecule has 0 spiro atoms. The van der Waals surface area contributed by atoms with Crippen molar-refractivity contribution in [3.8, 4) is 10.1 Å². The molecule has 1 heterocycles. The van der Waals surface area contributed by atoms with Crippen LogP contribution in [0.3, 0.4) is 0 Å². The minimum atomic E-state index is -0.435. The van der Waals surface area contributed by atoms with Gasteiger partial charge in [0.15, 0.2) is 0 Å². The van der Waals surface area contributed by atoms with E-state index in [2.05, 4.69) is 4.98 Å². The molecule has 2 nitrogen and oxygen atoms in total. The zero-order valence-corrected chi connectivity index (χ0v) is 11.8. The fourth-order valence-electron chi connectivity index (χ4n) is 1.90.